The molecule has 0 aromatic heterocycles. The summed E-state index contributed by atoms with van der Waals surface area (Å²) < 4.78 is 17.2. The summed E-state index contributed by atoms with van der Waals surface area (Å²) in [5.41, 5.74) is 3.55. The Labute approximate surface area is 248 Å². The number of non-ortho nitro benzene ring substituents is 1. The van der Waals surface area contributed by atoms with Gasteiger partial charge in [0.25, 0.3) is 5.69 Å². The van der Waals surface area contributed by atoms with Crippen molar-refractivity contribution in [3.63, 3.8) is 0 Å². The third-order valence-electron chi connectivity index (χ3n) is 8.15. The van der Waals surface area contributed by atoms with E-state index in [-0.39, 0.29) is 5.69 Å². The van der Waals surface area contributed by atoms with Gasteiger partial charge in [0, 0.05) is 36.6 Å². The SMILES string of the molecule is COc1ccc(C(=O)Oc2ccc(C=Nc3ccc4c(c3)C(C)(C)[C@]3(C=Cc5cc([N+](=O)[O-])ccc5O3)N4C)cc2)cc1. The predicted octanol–water partition coefficient (Wildman–Crippen LogP) is 7.10. The van der Waals surface area contributed by atoms with Crippen molar-refractivity contribution in [1.82, 2.24) is 0 Å². The average molecular weight is 576 g/mol. The van der Waals surface area contributed by atoms with E-state index in [1.165, 1.54) is 12.1 Å². The van der Waals surface area contributed by atoms with Crippen molar-refractivity contribution >= 4 is 35.3 Å². The minimum Gasteiger partial charge on any atom is -0.497 e. The maximum absolute atomic E-state index is 12.5. The van der Waals surface area contributed by atoms with Gasteiger partial charge in [-0.25, -0.2) is 4.79 Å². The van der Waals surface area contributed by atoms with Crippen molar-refractivity contribution in [2.75, 3.05) is 19.1 Å². The molecule has 2 aliphatic heterocycles. The Hall–Kier alpha value is -5.44. The number of aliphatic imine (C=N–C) groups is 1. The van der Waals surface area contributed by atoms with Gasteiger partial charge >= 0.3 is 5.97 Å². The fourth-order valence-electron chi connectivity index (χ4n) is 5.65. The van der Waals surface area contributed by atoms with Crippen LogP contribution in [0.25, 0.3) is 6.08 Å². The van der Waals surface area contributed by atoms with Crippen molar-refractivity contribution in [2.24, 2.45) is 4.99 Å². The third kappa shape index (κ3) is 4.78. The number of likely N-dealkylation sites (N-methyl/N-ethyl adjacent to an activating group) is 1. The summed E-state index contributed by atoms with van der Waals surface area (Å²) in [6.07, 6.45) is 5.64. The number of benzene rings is 4. The molecule has 2 aliphatic rings. The zero-order valence-electron chi connectivity index (χ0n) is 24.1. The molecule has 216 valence electrons. The Kier molecular flexibility index (Phi) is 6.73. The van der Waals surface area contributed by atoms with Crippen LogP contribution in [0.1, 0.15) is 40.9 Å². The lowest BCUT2D eigenvalue weighted by Crippen LogP contribution is -2.58. The number of nitrogens with zero attached hydrogens (tertiary/aromatic N) is 3. The number of carbonyl (C=O) groups excluding carboxylic acids is 1. The van der Waals surface area contributed by atoms with Crippen LogP contribution >= 0.6 is 0 Å². The molecule has 1 atom stereocenters. The molecule has 43 heavy (non-hydrogen) atoms. The Morgan fingerprint density at radius 2 is 1.70 bits per heavy atom. The van der Waals surface area contributed by atoms with Gasteiger partial charge in [-0.1, -0.05) is 0 Å². The number of ether oxygens (including phenoxy) is 3. The minimum absolute atomic E-state index is 0.0250. The molecule has 0 fully saturated rings. The van der Waals surface area contributed by atoms with Crippen molar-refractivity contribution in [3.05, 3.63) is 123 Å². The number of rotatable bonds is 6. The number of anilines is 1. The third-order valence-corrected chi connectivity index (χ3v) is 8.15. The lowest BCUT2D eigenvalue weighted by atomic mass is 9.76. The van der Waals surface area contributed by atoms with E-state index in [4.69, 9.17) is 19.2 Å². The largest absolute Gasteiger partial charge is 0.497 e. The Morgan fingerprint density at radius 1 is 0.977 bits per heavy atom. The Balaban J connectivity index is 1.19. The summed E-state index contributed by atoms with van der Waals surface area (Å²) >= 11 is 0. The normalized spacial score (nSPS) is 17.8. The highest BCUT2D eigenvalue weighted by Crippen LogP contribution is 2.55. The van der Waals surface area contributed by atoms with E-state index in [1.807, 2.05) is 43.5 Å². The highest BCUT2D eigenvalue weighted by molar-refractivity contribution is 5.91. The highest BCUT2D eigenvalue weighted by atomic mass is 16.6. The second-order valence-corrected chi connectivity index (χ2v) is 10.9. The monoisotopic (exact) mass is 575 g/mol. The molecule has 6 rings (SSSR count). The van der Waals surface area contributed by atoms with Crippen molar-refractivity contribution in [1.29, 1.82) is 0 Å². The van der Waals surface area contributed by atoms with Crippen LogP contribution < -0.4 is 19.1 Å². The van der Waals surface area contributed by atoms with Crippen LogP contribution in [0.3, 0.4) is 0 Å². The fourth-order valence-corrected chi connectivity index (χ4v) is 5.65. The molecule has 9 heteroatoms. The molecule has 1 spiro atoms. The summed E-state index contributed by atoms with van der Waals surface area (Å²) in [7, 11) is 3.56. The standard InChI is InChI=1S/C34H29N3O6/c1-33(2)29-20-25(35-21-22-5-11-28(12-6-22)42-32(38)23-7-13-27(41-4)14-8-23)9-15-30(29)36(3)34(33)18-17-24-19-26(37(39)40)10-16-31(24)43-34/h5-21H,1-4H3/t34-/m1/s1. The molecule has 0 unspecified atom stereocenters. The number of esters is 1. The number of nitro groups is 1. The minimum atomic E-state index is -0.820. The molecule has 0 bridgehead atoms. The van der Waals surface area contributed by atoms with Crippen LogP contribution in [0.2, 0.25) is 0 Å². The fraction of sp³-hybridized carbons (Fsp3) is 0.176. The van der Waals surface area contributed by atoms with Crippen molar-refractivity contribution in [2.45, 2.75) is 25.0 Å². The van der Waals surface area contributed by atoms with E-state index < -0.39 is 22.0 Å². The maximum Gasteiger partial charge on any atom is 0.343 e. The molecule has 0 aliphatic carbocycles. The molecule has 4 aromatic rings. The topological polar surface area (TPSA) is 104 Å². The molecule has 2 heterocycles. The second kappa shape index (κ2) is 10.4. The average Bonchev–Trinajstić information content (AvgIpc) is 3.17. The molecule has 0 radical (unpaired) electrons. The van der Waals surface area contributed by atoms with Crippen molar-refractivity contribution < 1.29 is 23.9 Å². The number of nitro benzene ring substituents is 1. The smallest absolute Gasteiger partial charge is 0.343 e. The van der Waals surface area contributed by atoms with Gasteiger partial charge in [-0.05, 0) is 110 Å². The van der Waals surface area contributed by atoms with E-state index in [1.54, 1.807) is 55.8 Å². The van der Waals surface area contributed by atoms with Gasteiger partial charge in [-0.15, -0.1) is 0 Å². The quantitative estimate of drug-likeness (QED) is 0.0794. The summed E-state index contributed by atoms with van der Waals surface area (Å²) in [4.78, 5) is 30.1. The molecule has 0 saturated heterocycles. The first-order valence-corrected chi connectivity index (χ1v) is 13.7. The zero-order valence-corrected chi connectivity index (χ0v) is 24.1. The van der Waals surface area contributed by atoms with Gasteiger partial charge in [0.15, 0.2) is 0 Å². The molecule has 0 amide bonds. The first-order chi connectivity index (χ1) is 20.6. The van der Waals surface area contributed by atoms with E-state index >= 15 is 0 Å². The van der Waals surface area contributed by atoms with E-state index in [0.29, 0.717) is 28.4 Å². The molecule has 9 nitrogen and oxygen atoms in total. The lowest BCUT2D eigenvalue weighted by molar-refractivity contribution is -0.384. The van der Waals surface area contributed by atoms with Crippen LogP contribution in [0.4, 0.5) is 17.1 Å². The lowest BCUT2D eigenvalue weighted by Gasteiger charge is -2.45. The summed E-state index contributed by atoms with van der Waals surface area (Å²) in [6.45, 7) is 4.24. The van der Waals surface area contributed by atoms with Gasteiger partial charge in [-0.3, -0.25) is 15.1 Å². The van der Waals surface area contributed by atoms with Crippen molar-refractivity contribution in [3.8, 4) is 17.2 Å². The summed E-state index contributed by atoms with van der Waals surface area (Å²) in [5, 5.41) is 11.2. The number of hydrogen-bond donors (Lipinski definition) is 0. The molecule has 0 N–H and O–H groups in total. The Morgan fingerprint density at radius 3 is 2.40 bits per heavy atom. The first kappa shape index (κ1) is 27.7. The molecule has 0 saturated carbocycles. The number of methoxy groups -OCH3 is 1. The summed E-state index contributed by atoms with van der Waals surface area (Å²) in [6, 6.07) is 24.6. The van der Waals surface area contributed by atoms with Gasteiger partial charge < -0.3 is 19.1 Å². The predicted molar refractivity (Wildman–Crippen MR) is 165 cm³/mol. The number of hydrogen-bond acceptors (Lipinski definition) is 8. The maximum atomic E-state index is 12.5. The van der Waals surface area contributed by atoms with E-state index in [2.05, 4.69) is 24.8 Å². The van der Waals surface area contributed by atoms with E-state index in [9.17, 15) is 14.9 Å². The van der Waals surface area contributed by atoms with Crippen LogP contribution in [-0.4, -0.2) is 37.0 Å². The van der Waals surface area contributed by atoms with Crippen LogP contribution in [0, 0.1) is 10.1 Å². The van der Waals surface area contributed by atoms with Crippen LogP contribution in [0.15, 0.2) is 96.0 Å². The second-order valence-electron chi connectivity index (χ2n) is 10.9. The number of carbonyl (C=O) groups is 1. The number of fused-ring (bicyclic) bond motifs is 2. The van der Waals surface area contributed by atoms with Crippen LogP contribution in [-0.2, 0) is 5.41 Å². The zero-order chi connectivity index (χ0) is 30.4. The van der Waals surface area contributed by atoms with Crippen LogP contribution in [0.5, 0.6) is 17.2 Å². The van der Waals surface area contributed by atoms with Gasteiger partial charge in [0.2, 0.25) is 5.72 Å². The Bertz CT molecular complexity index is 1790. The summed E-state index contributed by atoms with van der Waals surface area (Å²) in [5.74, 6) is 1.24. The van der Waals surface area contributed by atoms with Gasteiger partial charge in [-0.2, -0.15) is 0 Å². The molecular formula is C34H29N3O6. The van der Waals surface area contributed by atoms with Gasteiger partial charge in [0.1, 0.15) is 17.2 Å². The molecule has 4 aromatic carbocycles. The first-order valence-electron chi connectivity index (χ1n) is 13.7. The highest BCUT2D eigenvalue weighted by Gasteiger charge is 2.57. The molecular weight excluding hydrogens is 546 g/mol. The van der Waals surface area contributed by atoms with E-state index in [0.717, 1.165) is 22.5 Å². The van der Waals surface area contributed by atoms with Gasteiger partial charge in [0.05, 0.1) is 28.7 Å².